The molecule has 0 radical (unpaired) electrons. The number of rotatable bonds is 6. The molecule has 1 aromatic rings. The van der Waals surface area contributed by atoms with Crippen molar-refractivity contribution >= 4 is 0 Å². The lowest BCUT2D eigenvalue weighted by atomic mass is 10.1. The first-order valence-corrected chi connectivity index (χ1v) is 6.76. The van der Waals surface area contributed by atoms with Crippen molar-refractivity contribution in [1.29, 1.82) is 0 Å². The van der Waals surface area contributed by atoms with Crippen molar-refractivity contribution in [3.05, 3.63) is 35.4 Å². The highest BCUT2D eigenvalue weighted by Crippen LogP contribution is 2.25. The minimum atomic E-state index is 0.590. The number of nitrogens with one attached hydrogen (secondary N) is 2. The predicted octanol–water partition coefficient (Wildman–Crippen LogP) is 1.99. The second kappa shape index (κ2) is 6.18. The summed E-state index contributed by atoms with van der Waals surface area (Å²) in [5.41, 5.74) is 3.11. The van der Waals surface area contributed by atoms with Crippen LogP contribution in [0.15, 0.2) is 24.3 Å². The molecule has 0 aromatic heterocycles. The van der Waals surface area contributed by atoms with Crippen LogP contribution >= 0.6 is 0 Å². The molecular formula is C15H24N2. The molecule has 0 bridgehead atoms. The molecule has 0 heterocycles. The number of benzene rings is 1. The quantitative estimate of drug-likeness (QED) is 0.733. The van der Waals surface area contributed by atoms with Crippen LogP contribution in [0.1, 0.15) is 25.0 Å². The Labute approximate surface area is 105 Å². The first-order chi connectivity index (χ1) is 8.25. The maximum atomic E-state index is 3.56. The van der Waals surface area contributed by atoms with E-state index in [0.29, 0.717) is 6.04 Å². The summed E-state index contributed by atoms with van der Waals surface area (Å²) in [6, 6.07) is 9.45. The molecule has 94 valence electrons. The van der Waals surface area contributed by atoms with Gasteiger partial charge in [0, 0.05) is 19.1 Å². The highest BCUT2D eigenvalue weighted by atomic mass is 15.0. The van der Waals surface area contributed by atoms with E-state index in [1.807, 2.05) is 0 Å². The third kappa shape index (κ3) is 3.83. The monoisotopic (exact) mass is 232 g/mol. The average molecular weight is 232 g/mol. The standard InChI is InChI=1S/C15H24N2/c1-12(2)17-8-7-16-11-13-9-14-5-3-4-6-15(14)10-13/h3-6,12-13,16-17H,7-11H2,1-2H3. The zero-order valence-corrected chi connectivity index (χ0v) is 11.0. The molecule has 0 unspecified atom stereocenters. The fourth-order valence-electron chi connectivity index (χ4n) is 2.55. The lowest BCUT2D eigenvalue weighted by Crippen LogP contribution is -2.33. The molecule has 2 heteroatoms. The van der Waals surface area contributed by atoms with Crippen LogP contribution in [-0.2, 0) is 12.8 Å². The predicted molar refractivity (Wildman–Crippen MR) is 73.3 cm³/mol. The molecule has 1 aliphatic carbocycles. The molecule has 2 nitrogen and oxygen atoms in total. The zero-order chi connectivity index (χ0) is 12.1. The minimum absolute atomic E-state index is 0.590. The summed E-state index contributed by atoms with van der Waals surface area (Å²) in [5, 5.41) is 6.98. The van der Waals surface area contributed by atoms with E-state index < -0.39 is 0 Å². The summed E-state index contributed by atoms with van der Waals surface area (Å²) >= 11 is 0. The topological polar surface area (TPSA) is 24.1 Å². The second-order valence-electron chi connectivity index (χ2n) is 5.36. The van der Waals surface area contributed by atoms with Gasteiger partial charge in [-0.2, -0.15) is 0 Å². The van der Waals surface area contributed by atoms with Crippen molar-refractivity contribution in [3.8, 4) is 0 Å². The van der Waals surface area contributed by atoms with Gasteiger partial charge < -0.3 is 10.6 Å². The van der Waals surface area contributed by atoms with Crippen molar-refractivity contribution in [2.24, 2.45) is 5.92 Å². The smallest absolute Gasteiger partial charge is 0.00790 e. The second-order valence-corrected chi connectivity index (χ2v) is 5.36. The van der Waals surface area contributed by atoms with Gasteiger partial charge in [-0.05, 0) is 36.4 Å². The van der Waals surface area contributed by atoms with Crippen LogP contribution in [0.3, 0.4) is 0 Å². The molecule has 0 amide bonds. The van der Waals surface area contributed by atoms with Gasteiger partial charge in [-0.3, -0.25) is 0 Å². The minimum Gasteiger partial charge on any atom is -0.315 e. The summed E-state index contributed by atoms with van der Waals surface area (Å²) in [4.78, 5) is 0. The Hall–Kier alpha value is -0.860. The van der Waals surface area contributed by atoms with Gasteiger partial charge in [0.1, 0.15) is 0 Å². The van der Waals surface area contributed by atoms with Crippen LogP contribution in [0.4, 0.5) is 0 Å². The highest BCUT2D eigenvalue weighted by molar-refractivity contribution is 5.32. The maximum Gasteiger partial charge on any atom is 0.00790 e. The van der Waals surface area contributed by atoms with E-state index in [1.54, 1.807) is 11.1 Å². The Kier molecular flexibility index (Phi) is 4.57. The molecule has 0 saturated carbocycles. The largest absolute Gasteiger partial charge is 0.315 e. The number of fused-ring (bicyclic) bond motifs is 1. The first kappa shape index (κ1) is 12.6. The summed E-state index contributed by atoms with van der Waals surface area (Å²) < 4.78 is 0. The molecular weight excluding hydrogens is 208 g/mol. The van der Waals surface area contributed by atoms with E-state index in [0.717, 1.165) is 25.6 Å². The fourth-order valence-corrected chi connectivity index (χ4v) is 2.55. The third-order valence-electron chi connectivity index (χ3n) is 3.42. The van der Waals surface area contributed by atoms with Crippen LogP contribution in [0.5, 0.6) is 0 Å². The van der Waals surface area contributed by atoms with E-state index in [4.69, 9.17) is 0 Å². The van der Waals surface area contributed by atoms with Gasteiger partial charge in [0.25, 0.3) is 0 Å². The van der Waals surface area contributed by atoms with E-state index >= 15 is 0 Å². The van der Waals surface area contributed by atoms with E-state index in [2.05, 4.69) is 48.7 Å². The number of hydrogen-bond donors (Lipinski definition) is 2. The van der Waals surface area contributed by atoms with Crippen LogP contribution in [-0.4, -0.2) is 25.7 Å². The molecule has 0 saturated heterocycles. The number of hydrogen-bond acceptors (Lipinski definition) is 2. The zero-order valence-electron chi connectivity index (χ0n) is 11.0. The molecule has 1 aliphatic rings. The van der Waals surface area contributed by atoms with E-state index in [-0.39, 0.29) is 0 Å². The lowest BCUT2D eigenvalue weighted by Gasteiger charge is -2.12. The van der Waals surface area contributed by atoms with Crippen LogP contribution in [0.2, 0.25) is 0 Å². The Morgan fingerprint density at radius 3 is 2.35 bits per heavy atom. The van der Waals surface area contributed by atoms with Crippen LogP contribution < -0.4 is 10.6 Å². The van der Waals surface area contributed by atoms with Gasteiger partial charge in [0.15, 0.2) is 0 Å². The Balaban J connectivity index is 1.63. The molecule has 2 N–H and O–H groups in total. The first-order valence-electron chi connectivity index (χ1n) is 6.76. The van der Waals surface area contributed by atoms with Gasteiger partial charge >= 0.3 is 0 Å². The van der Waals surface area contributed by atoms with Crippen molar-refractivity contribution < 1.29 is 0 Å². The fraction of sp³-hybridized carbons (Fsp3) is 0.600. The van der Waals surface area contributed by atoms with Crippen LogP contribution in [0.25, 0.3) is 0 Å². The van der Waals surface area contributed by atoms with Crippen LogP contribution in [0, 0.1) is 5.92 Å². The molecule has 0 aliphatic heterocycles. The van der Waals surface area contributed by atoms with E-state index in [1.165, 1.54) is 12.8 Å². The van der Waals surface area contributed by atoms with Gasteiger partial charge in [-0.1, -0.05) is 38.1 Å². The average Bonchev–Trinajstić information content (AvgIpc) is 2.70. The van der Waals surface area contributed by atoms with Gasteiger partial charge in [0.2, 0.25) is 0 Å². The van der Waals surface area contributed by atoms with Gasteiger partial charge in [0.05, 0.1) is 0 Å². The summed E-state index contributed by atoms with van der Waals surface area (Å²) in [5.74, 6) is 0.798. The van der Waals surface area contributed by atoms with Crippen molar-refractivity contribution in [1.82, 2.24) is 10.6 Å². The van der Waals surface area contributed by atoms with Crippen molar-refractivity contribution in [2.45, 2.75) is 32.7 Å². The summed E-state index contributed by atoms with van der Waals surface area (Å²) in [7, 11) is 0. The molecule has 1 aromatic carbocycles. The summed E-state index contributed by atoms with van der Waals surface area (Å²) in [6.07, 6.45) is 2.50. The van der Waals surface area contributed by atoms with Crippen molar-refractivity contribution in [3.63, 3.8) is 0 Å². The van der Waals surface area contributed by atoms with Crippen molar-refractivity contribution in [2.75, 3.05) is 19.6 Å². The van der Waals surface area contributed by atoms with E-state index in [9.17, 15) is 0 Å². The normalized spacial score (nSPS) is 15.5. The summed E-state index contributed by atoms with van der Waals surface area (Å²) in [6.45, 7) is 7.66. The van der Waals surface area contributed by atoms with Gasteiger partial charge in [-0.25, -0.2) is 0 Å². The van der Waals surface area contributed by atoms with Gasteiger partial charge in [-0.15, -0.1) is 0 Å². The SMILES string of the molecule is CC(C)NCCNCC1Cc2ccccc2C1. The molecule has 17 heavy (non-hydrogen) atoms. The highest BCUT2D eigenvalue weighted by Gasteiger charge is 2.19. The molecule has 0 atom stereocenters. The molecule has 0 spiro atoms. The Morgan fingerprint density at radius 2 is 1.76 bits per heavy atom. The maximum absolute atomic E-state index is 3.56. The lowest BCUT2D eigenvalue weighted by molar-refractivity contribution is 0.482. The Bertz CT molecular complexity index is 322. The third-order valence-corrected chi connectivity index (χ3v) is 3.42. The molecule has 0 fully saturated rings. The Morgan fingerprint density at radius 1 is 1.12 bits per heavy atom. The molecule has 2 rings (SSSR count).